The Hall–Kier alpha value is -2.40. The fourth-order valence-corrected chi connectivity index (χ4v) is 4.70. The average molecular weight is 532 g/mol. The van der Waals surface area contributed by atoms with E-state index in [1.165, 1.54) is 0 Å². The molecule has 38 heavy (non-hydrogen) atoms. The van der Waals surface area contributed by atoms with Crippen molar-refractivity contribution >= 4 is 30.5 Å². The molecule has 0 aliphatic carbocycles. The van der Waals surface area contributed by atoms with E-state index in [9.17, 15) is 9.59 Å². The van der Waals surface area contributed by atoms with Gasteiger partial charge < -0.3 is 29.2 Å². The van der Waals surface area contributed by atoms with Crippen molar-refractivity contribution in [2.75, 3.05) is 18.0 Å². The largest absolute Gasteiger partial charge is 0.498 e. The number of carbonyl (C=O) groups is 2. The van der Waals surface area contributed by atoms with Crippen LogP contribution in [0.25, 0.3) is 0 Å². The van der Waals surface area contributed by atoms with Crippen molar-refractivity contribution in [2.24, 2.45) is 5.92 Å². The van der Waals surface area contributed by atoms with E-state index in [0.717, 1.165) is 11.9 Å². The van der Waals surface area contributed by atoms with Crippen LogP contribution in [0.15, 0.2) is 12.4 Å². The summed E-state index contributed by atoms with van der Waals surface area (Å²) in [5.74, 6) is 0.419. The maximum Gasteiger partial charge on any atom is 0.498 e. The second-order valence-electron chi connectivity index (χ2n) is 13.0. The Morgan fingerprint density at radius 1 is 1.11 bits per heavy atom. The minimum absolute atomic E-state index is 0.0518. The fourth-order valence-electron chi connectivity index (χ4n) is 4.70. The molecule has 0 saturated carbocycles. The lowest BCUT2D eigenvalue weighted by molar-refractivity contribution is -0.133. The van der Waals surface area contributed by atoms with Gasteiger partial charge in [0.15, 0.2) is 0 Å². The van der Waals surface area contributed by atoms with Crippen molar-refractivity contribution in [3.63, 3.8) is 0 Å². The number of carbonyl (C=O) groups excluding carboxylic acids is 2. The third-order valence-corrected chi connectivity index (χ3v) is 7.44. The Morgan fingerprint density at radius 3 is 2.13 bits per heavy atom. The third kappa shape index (κ3) is 6.78. The quantitative estimate of drug-likeness (QED) is 0.535. The third-order valence-electron chi connectivity index (χ3n) is 7.44. The van der Waals surface area contributed by atoms with Gasteiger partial charge in [0.25, 0.3) is 0 Å². The number of anilines is 1. The molecule has 1 aromatic rings. The molecule has 2 atom stereocenters. The molecule has 2 amide bonds. The zero-order valence-corrected chi connectivity index (χ0v) is 25.0. The normalized spacial score (nSPS) is 21.7. The Kier molecular flexibility index (Phi) is 8.73. The maximum atomic E-state index is 13.4. The lowest BCUT2D eigenvalue weighted by Crippen LogP contribution is -2.52. The summed E-state index contributed by atoms with van der Waals surface area (Å²) in [6.45, 7) is 22.6. The van der Waals surface area contributed by atoms with Gasteiger partial charge in [-0.2, -0.15) is 0 Å². The highest BCUT2D eigenvalue weighted by molar-refractivity contribution is 6.61. The zero-order chi connectivity index (χ0) is 28.6. The molecule has 1 aromatic heterocycles. The van der Waals surface area contributed by atoms with Gasteiger partial charge >= 0.3 is 13.2 Å². The van der Waals surface area contributed by atoms with Gasteiger partial charge in [-0.25, -0.2) is 14.8 Å². The first-order valence-electron chi connectivity index (χ1n) is 13.7. The first-order chi connectivity index (χ1) is 17.4. The molecule has 0 aromatic carbocycles. The Balaban J connectivity index is 1.70. The van der Waals surface area contributed by atoms with Crippen LogP contribution in [0.1, 0.15) is 82.6 Å². The SMILES string of the molecule is CC(C)[C@H](NC(=O)OC(C)(C)C)C(=O)N1CC[C@@H](N(c2ncc(B3OC(C)(C)C(C)(C)O3)cn2)C(C)C)C1. The monoisotopic (exact) mass is 531 g/mol. The van der Waals surface area contributed by atoms with Gasteiger partial charge in [0.2, 0.25) is 11.9 Å². The molecule has 2 aliphatic rings. The smallest absolute Gasteiger partial charge is 0.444 e. The number of ether oxygens (including phenoxy) is 1. The highest BCUT2D eigenvalue weighted by Crippen LogP contribution is 2.36. The number of hydrogen-bond acceptors (Lipinski definition) is 8. The van der Waals surface area contributed by atoms with Crippen molar-refractivity contribution in [3.8, 4) is 0 Å². The fraction of sp³-hybridized carbons (Fsp3) is 0.778. The van der Waals surface area contributed by atoms with Gasteiger partial charge in [-0.1, -0.05) is 13.8 Å². The number of rotatable bonds is 7. The summed E-state index contributed by atoms with van der Waals surface area (Å²) in [7, 11) is -0.522. The molecule has 0 unspecified atom stereocenters. The van der Waals surface area contributed by atoms with E-state index in [0.29, 0.717) is 19.0 Å². The number of alkyl carbamates (subject to hydrolysis) is 1. The molecule has 2 fully saturated rings. The molecular formula is C27H46BN5O5. The highest BCUT2D eigenvalue weighted by Gasteiger charge is 2.52. The number of amides is 2. The second kappa shape index (κ2) is 11.0. The van der Waals surface area contributed by atoms with Crippen LogP contribution in [0.2, 0.25) is 0 Å². The summed E-state index contributed by atoms with van der Waals surface area (Å²) in [6.07, 6.45) is 3.72. The van der Waals surface area contributed by atoms with E-state index >= 15 is 0 Å². The molecule has 212 valence electrons. The van der Waals surface area contributed by atoms with Crippen molar-refractivity contribution in [3.05, 3.63) is 12.4 Å². The average Bonchev–Trinajstić information content (AvgIpc) is 3.32. The zero-order valence-electron chi connectivity index (χ0n) is 25.0. The van der Waals surface area contributed by atoms with Crippen LogP contribution in [0.4, 0.5) is 10.7 Å². The Labute approximate surface area is 228 Å². The lowest BCUT2D eigenvalue weighted by Gasteiger charge is -2.33. The molecule has 0 bridgehead atoms. The van der Waals surface area contributed by atoms with Crippen LogP contribution in [0.3, 0.4) is 0 Å². The lowest BCUT2D eigenvalue weighted by atomic mass is 9.81. The molecule has 10 nitrogen and oxygen atoms in total. The summed E-state index contributed by atoms with van der Waals surface area (Å²) in [5.41, 5.74) is -0.741. The molecule has 1 N–H and O–H groups in total. The molecule has 0 spiro atoms. The van der Waals surface area contributed by atoms with Crippen molar-refractivity contribution in [1.82, 2.24) is 20.2 Å². The maximum absolute atomic E-state index is 13.4. The number of likely N-dealkylation sites (tertiary alicyclic amines) is 1. The number of nitrogens with one attached hydrogen (secondary N) is 1. The van der Waals surface area contributed by atoms with Gasteiger partial charge in [-0.15, -0.1) is 0 Å². The van der Waals surface area contributed by atoms with Gasteiger partial charge in [-0.05, 0) is 74.7 Å². The van der Waals surface area contributed by atoms with Crippen LogP contribution in [0, 0.1) is 5.92 Å². The predicted octanol–water partition coefficient (Wildman–Crippen LogP) is 3.14. The topological polar surface area (TPSA) is 106 Å². The van der Waals surface area contributed by atoms with Crippen molar-refractivity contribution in [1.29, 1.82) is 0 Å². The van der Waals surface area contributed by atoms with Crippen LogP contribution in [-0.4, -0.2) is 82.0 Å². The van der Waals surface area contributed by atoms with Gasteiger partial charge in [0.05, 0.1) is 17.2 Å². The van der Waals surface area contributed by atoms with E-state index in [2.05, 4.69) is 34.0 Å². The van der Waals surface area contributed by atoms with Gasteiger partial charge in [0.1, 0.15) is 11.6 Å². The van der Waals surface area contributed by atoms with E-state index in [-0.39, 0.29) is 23.9 Å². The predicted molar refractivity (Wildman–Crippen MR) is 148 cm³/mol. The first kappa shape index (κ1) is 30.2. The molecule has 2 aliphatic heterocycles. The van der Waals surface area contributed by atoms with Gasteiger partial charge in [0, 0.05) is 37.0 Å². The summed E-state index contributed by atoms with van der Waals surface area (Å²) in [5, 5.41) is 2.78. The summed E-state index contributed by atoms with van der Waals surface area (Å²) in [4.78, 5) is 39.1. The molecular weight excluding hydrogens is 485 g/mol. The minimum Gasteiger partial charge on any atom is -0.444 e. The molecule has 11 heteroatoms. The van der Waals surface area contributed by atoms with Crippen molar-refractivity contribution in [2.45, 2.75) is 118 Å². The Morgan fingerprint density at radius 2 is 1.66 bits per heavy atom. The Bertz CT molecular complexity index is 977. The van der Waals surface area contributed by atoms with Crippen LogP contribution in [0.5, 0.6) is 0 Å². The number of nitrogens with zero attached hydrogens (tertiary/aromatic N) is 4. The van der Waals surface area contributed by atoms with E-state index < -0.39 is 36.1 Å². The van der Waals surface area contributed by atoms with Crippen LogP contribution >= 0.6 is 0 Å². The number of hydrogen-bond donors (Lipinski definition) is 1. The summed E-state index contributed by atoms with van der Waals surface area (Å²) >= 11 is 0. The molecule has 2 saturated heterocycles. The summed E-state index contributed by atoms with van der Waals surface area (Å²) in [6, 6.07) is -0.485. The molecule has 3 heterocycles. The van der Waals surface area contributed by atoms with E-state index in [4.69, 9.17) is 14.0 Å². The molecule has 0 radical (unpaired) electrons. The standard InChI is InChI=1S/C27H46BN5O5/c1-17(2)21(31-24(35)36-25(5,6)7)22(34)32-13-12-20(16-32)33(18(3)4)23-29-14-19(15-30-23)28-37-26(8,9)27(10,11)38-28/h14-15,17-18,20-21H,12-13,16H2,1-11H3,(H,31,35)/t20-,21+/m1/s1. The first-order valence-corrected chi connectivity index (χ1v) is 13.7. The summed E-state index contributed by atoms with van der Waals surface area (Å²) < 4.78 is 17.7. The van der Waals surface area contributed by atoms with Crippen LogP contribution in [-0.2, 0) is 18.8 Å². The highest BCUT2D eigenvalue weighted by atomic mass is 16.7. The van der Waals surface area contributed by atoms with Crippen LogP contribution < -0.4 is 15.7 Å². The minimum atomic E-state index is -0.661. The van der Waals surface area contributed by atoms with E-state index in [1.54, 1.807) is 33.2 Å². The molecule has 3 rings (SSSR count). The van der Waals surface area contributed by atoms with Gasteiger partial charge in [-0.3, -0.25) is 4.79 Å². The second-order valence-corrected chi connectivity index (χ2v) is 13.0. The van der Waals surface area contributed by atoms with E-state index in [1.807, 2.05) is 46.4 Å². The van der Waals surface area contributed by atoms with Crippen molar-refractivity contribution < 1.29 is 23.6 Å². The number of aromatic nitrogens is 2.